The fraction of sp³-hybridized carbons (Fsp3) is 0.440. The molecule has 2 aromatic rings. The quantitative estimate of drug-likeness (QED) is 0.716. The summed E-state index contributed by atoms with van der Waals surface area (Å²) in [6.07, 6.45) is 0.339. The lowest BCUT2D eigenvalue weighted by molar-refractivity contribution is -0.167. The van der Waals surface area contributed by atoms with Gasteiger partial charge >= 0.3 is 0 Å². The molecule has 2 amide bonds. The second kappa shape index (κ2) is 9.20. The van der Waals surface area contributed by atoms with Crippen molar-refractivity contribution in [1.82, 2.24) is 14.7 Å². The minimum Gasteiger partial charge on any atom is -0.361 e. The summed E-state index contributed by atoms with van der Waals surface area (Å²) in [5, 5.41) is 0. The first-order chi connectivity index (χ1) is 15.0. The van der Waals surface area contributed by atoms with Gasteiger partial charge in [0.2, 0.25) is 5.91 Å². The molecule has 0 radical (unpaired) electrons. The maximum Gasteiger partial charge on any atom is 0.257 e. The predicted octanol–water partition coefficient (Wildman–Crippen LogP) is 2.01. The normalized spacial score (nSPS) is 23.7. The Morgan fingerprint density at radius 1 is 1.10 bits per heavy atom. The van der Waals surface area contributed by atoms with Crippen LogP contribution in [0.25, 0.3) is 0 Å². The average Bonchev–Trinajstić information content (AvgIpc) is 3.05. The lowest BCUT2D eigenvalue weighted by Crippen LogP contribution is -2.59. The van der Waals surface area contributed by atoms with Crippen molar-refractivity contribution in [3.63, 3.8) is 0 Å². The first-order valence-electron chi connectivity index (χ1n) is 10.9. The van der Waals surface area contributed by atoms with Gasteiger partial charge in [-0.1, -0.05) is 60.7 Å². The molecule has 0 N–H and O–H groups in total. The van der Waals surface area contributed by atoms with E-state index in [0.29, 0.717) is 39.2 Å². The minimum absolute atomic E-state index is 0.000383. The Balaban J connectivity index is 1.59. The van der Waals surface area contributed by atoms with Crippen molar-refractivity contribution in [3.8, 4) is 0 Å². The molecule has 4 rings (SSSR count). The Kier molecular flexibility index (Phi) is 6.39. The summed E-state index contributed by atoms with van der Waals surface area (Å²) in [6.45, 7) is 3.24. The molecule has 0 aliphatic carbocycles. The summed E-state index contributed by atoms with van der Waals surface area (Å²) in [6, 6.07) is 19.8. The van der Waals surface area contributed by atoms with Gasteiger partial charge in [-0.3, -0.25) is 9.59 Å². The largest absolute Gasteiger partial charge is 0.361 e. The number of benzene rings is 2. The number of hydrogen-bond acceptors (Lipinski definition) is 4. The summed E-state index contributed by atoms with van der Waals surface area (Å²) in [4.78, 5) is 32.5. The number of ether oxygens (including phenoxy) is 1. The Bertz CT molecular complexity index is 903. The molecular formula is C25H31N3O3. The van der Waals surface area contributed by atoms with E-state index in [1.807, 2.05) is 72.4 Å². The predicted molar refractivity (Wildman–Crippen MR) is 120 cm³/mol. The first-order valence-corrected chi connectivity index (χ1v) is 10.9. The van der Waals surface area contributed by atoms with Gasteiger partial charge in [-0.05, 0) is 25.2 Å². The highest BCUT2D eigenvalue weighted by atomic mass is 16.5. The first kappa shape index (κ1) is 21.5. The van der Waals surface area contributed by atoms with E-state index in [9.17, 15) is 9.59 Å². The Morgan fingerprint density at radius 3 is 2.45 bits per heavy atom. The SMILES string of the molecule is CN(C)CCN1CC(c2ccccc2)C2(CN(C(=O)Cc3ccccc3)CCO2)C1=O. The van der Waals surface area contributed by atoms with E-state index in [1.165, 1.54) is 0 Å². The molecule has 2 aliphatic heterocycles. The number of carbonyl (C=O) groups excluding carboxylic acids is 2. The molecule has 6 nitrogen and oxygen atoms in total. The number of hydrogen-bond donors (Lipinski definition) is 0. The van der Waals surface area contributed by atoms with Crippen LogP contribution in [0, 0.1) is 0 Å². The molecule has 164 valence electrons. The summed E-state index contributed by atoms with van der Waals surface area (Å²) in [5.41, 5.74) is 1.05. The third-order valence-corrected chi connectivity index (χ3v) is 6.33. The molecule has 2 saturated heterocycles. The topological polar surface area (TPSA) is 53.1 Å². The van der Waals surface area contributed by atoms with Crippen molar-refractivity contribution in [2.24, 2.45) is 0 Å². The summed E-state index contributed by atoms with van der Waals surface area (Å²) in [7, 11) is 4.01. The van der Waals surface area contributed by atoms with Crippen molar-refractivity contribution in [2.75, 3.05) is 53.4 Å². The number of likely N-dealkylation sites (N-methyl/N-ethyl adjacent to an activating group) is 1. The van der Waals surface area contributed by atoms with E-state index in [2.05, 4.69) is 17.0 Å². The average molecular weight is 422 g/mol. The molecule has 2 aliphatic rings. The van der Waals surface area contributed by atoms with Gasteiger partial charge in [-0.15, -0.1) is 0 Å². The Hall–Kier alpha value is -2.70. The zero-order valence-corrected chi connectivity index (χ0v) is 18.4. The monoisotopic (exact) mass is 421 g/mol. The third kappa shape index (κ3) is 4.50. The number of carbonyl (C=O) groups is 2. The highest BCUT2D eigenvalue weighted by Crippen LogP contribution is 2.42. The smallest absolute Gasteiger partial charge is 0.257 e. The second-order valence-electron chi connectivity index (χ2n) is 8.73. The fourth-order valence-corrected chi connectivity index (χ4v) is 4.62. The second-order valence-corrected chi connectivity index (χ2v) is 8.73. The molecule has 2 heterocycles. The van der Waals surface area contributed by atoms with Crippen LogP contribution in [0.4, 0.5) is 0 Å². The number of amides is 2. The molecule has 2 atom stereocenters. The summed E-state index contributed by atoms with van der Waals surface area (Å²) in [5.74, 6) is -0.0590. The number of likely N-dealkylation sites (tertiary alicyclic amines) is 1. The molecule has 31 heavy (non-hydrogen) atoms. The zero-order chi connectivity index (χ0) is 21.8. The van der Waals surface area contributed by atoms with Crippen LogP contribution < -0.4 is 0 Å². The lowest BCUT2D eigenvalue weighted by atomic mass is 9.83. The van der Waals surface area contributed by atoms with E-state index in [1.54, 1.807) is 0 Å². The van der Waals surface area contributed by atoms with Gasteiger partial charge in [0.05, 0.1) is 19.6 Å². The molecule has 2 aromatic carbocycles. The number of rotatable bonds is 6. The standard InChI is InChI=1S/C25H31N3O3/c1-26(2)13-14-27-18-22(21-11-7-4-8-12-21)25(24(27)30)19-28(15-16-31-25)23(29)17-20-9-5-3-6-10-20/h3-12,22H,13-19H2,1-2H3. The van der Waals surface area contributed by atoms with Crippen LogP contribution in [-0.4, -0.2) is 85.5 Å². The van der Waals surface area contributed by atoms with Gasteiger partial charge < -0.3 is 19.4 Å². The summed E-state index contributed by atoms with van der Waals surface area (Å²) >= 11 is 0. The highest BCUT2D eigenvalue weighted by Gasteiger charge is 2.58. The molecule has 2 fully saturated rings. The van der Waals surface area contributed by atoms with Gasteiger partial charge in [0.1, 0.15) is 0 Å². The third-order valence-electron chi connectivity index (χ3n) is 6.33. The van der Waals surface area contributed by atoms with E-state index in [0.717, 1.165) is 17.7 Å². The molecule has 0 bridgehead atoms. The van der Waals surface area contributed by atoms with Crippen LogP contribution in [0.5, 0.6) is 0 Å². The Morgan fingerprint density at radius 2 is 1.77 bits per heavy atom. The van der Waals surface area contributed by atoms with E-state index < -0.39 is 5.60 Å². The molecule has 0 aromatic heterocycles. The number of nitrogens with zero attached hydrogens (tertiary/aromatic N) is 3. The van der Waals surface area contributed by atoms with Crippen molar-refractivity contribution in [2.45, 2.75) is 17.9 Å². The van der Waals surface area contributed by atoms with Gasteiger partial charge in [-0.2, -0.15) is 0 Å². The van der Waals surface area contributed by atoms with Crippen molar-refractivity contribution >= 4 is 11.8 Å². The van der Waals surface area contributed by atoms with Crippen LogP contribution in [0.2, 0.25) is 0 Å². The molecular weight excluding hydrogens is 390 g/mol. The van der Waals surface area contributed by atoms with E-state index in [-0.39, 0.29) is 17.7 Å². The van der Waals surface area contributed by atoms with Gasteiger partial charge in [-0.25, -0.2) is 0 Å². The maximum absolute atomic E-state index is 13.6. The molecule has 2 unspecified atom stereocenters. The van der Waals surface area contributed by atoms with Gasteiger partial charge in [0.25, 0.3) is 5.91 Å². The highest BCUT2D eigenvalue weighted by molar-refractivity contribution is 5.91. The van der Waals surface area contributed by atoms with Crippen LogP contribution >= 0.6 is 0 Å². The Labute approximate surface area is 184 Å². The van der Waals surface area contributed by atoms with Crippen molar-refractivity contribution in [3.05, 3.63) is 71.8 Å². The van der Waals surface area contributed by atoms with E-state index >= 15 is 0 Å². The van der Waals surface area contributed by atoms with Crippen LogP contribution in [-0.2, 0) is 20.7 Å². The van der Waals surface area contributed by atoms with Crippen LogP contribution in [0.3, 0.4) is 0 Å². The minimum atomic E-state index is -1.02. The lowest BCUT2D eigenvalue weighted by Gasteiger charge is -2.42. The number of morpholine rings is 1. The van der Waals surface area contributed by atoms with Gasteiger partial charge in [0.15, 0.2) is 5.60 Å². The maximum atomic E-state index is 13.6. The zero-order valence-electron chi connectivity index (χ0n) is 18.4. The van der Waals surface area contributed by atoms with Gasteiger partial charge in [0, 0.05) is 32.1 Å². The van der Waals surface area contributed by atoms with Crippen molar-refractivity contribution < 1.29 is 14.3 Å². The van der Waals surface area contributed by atoms with Crippen LogP contribution in [0.15, 0.2) is 60.7 Å². The van der Waals surface area contributed by atoms with Crippen molar-refractivity contribution in [1.29, 1.82) is 0 Å². The molecule has 6 heteroatoms. The van der Waals surface area contributed by atoms with E-state index in [4.69, 9.17) is 4.74 Å². The van der Waals surface area contributed by atoms with Crippen LogP contribution in [0.1, 0.15) is 17.0 Å². The summed E-state index contributed by atoms with van der Waals surface area (Å²) < 4.78 is 6.27. The molecule has 0 saturated carbocycles. The fourth-order valence-electron chi connectivity index (χ4n) is 4.62. The molecule has 1 spiro atoms.